The van der Waals surface area contributed by atoms with Crippen molar-refractivity contribution in [1.29, 1.82) is 0 Å². The van der Waals surface area contributed by atoms with Gasteiger partial charge in [-0.2, -0.15) is 0 Å². The number of aliphatic imine (C=N–C) groups is 1. The summed E-state index contributed by atoms with van der Waals surface area (Å²) in [6, 6.07) is 16.6. The standard InChI is InChI=1S/C24H17FN2O6/c1-31-22-13-16(4-11-21(22)32-14-15-2-7-18(25)8-3-15)12-20-24(28)33-23(26-20)17-5-9-19(10-6-17)27(29)30/h2-13H,14H2,1H3/b20-12-. The summed E-state index contributed by atoms with van der Waals surface area (Å²) in [6.07, 6.45) is 1.53. The van der Waals surface area contributed by atoms with Gasteiger partial charge in [-0.15, -0.1) is 0 Å². The first-order valence-corrected chi connectivity index (χ1v) is 9.75. The smallest absolute Gasteiger partial charge is 0.363 e. The Labute approximate surface area is 187 Å². The van der Waals surface area contributed by atoms with E-state index in [1.54, 1.807) is 30.3 Å². The molecule has 1 aliphatic rings. The Morgan fingerprint density at radius 1 is 1.06 bits per heavy atom. The number of methoxy groups -OCH3 is 1. The number of ether oxygens (including phenoxy) is 3. The lowest BCUT2D eigenvalue weighted by Gasteiger charge is -2.11. The van der Waals surface area contributed by atoms with E-state index < -0.39 is 10.9 Å². The zero-order valence-electron chi connectivity index (χ0n) is 17.4. The molecule has 0 radical (unpaired) electrons. The number of rotatable bonds is 7. The highest BCUT2D eigenvalue weighted by Crippen LogP contribution is 2.30. The minimum Gasteiger partial charge on any atom is -0.493 e. The molecule has 0 aromatic heterocycles. The Bertz CT molecular complexity index is 1270. The number of nitrogens with zero attached hydrogens (tertiary/aromatic N) is 2. The summed E-state index contributed by atoms with van der Waals surface area (Å²) in [4.78, 5) is 26.7. The van der Waals surface area contributed by atoms with Crippen molar-refractivity contribution in [1.82, 2.24) is 0 Å². The lowest BCUT2D eigenvalue weighted by atomic mass is 10.1. The van der Waals surface area contributed by atoms with E-state index >= 15 is 0 Å². The molecule has 1 aliphatic heterocycles. The Morgan fingerprint density at radius 3 is 2.45 bits per heavy atom. The summed E-state index contributed by atoms with van der Waals surface area (Å²) in [6.45, 7) is 0.228. The van der Waals surface area contributed by atoms with Gasteiger partial charge < -0.3 is 14.2 Å². The van der Waals surface area contributed by atoms with Gasteiger partial charge in [-0.25, -0.2) is 14.2 Å². The monoisotopic (exact) mass is 448 g/mol. The van der Waals surface area contributed by atoms with Gasteiger partial charge in [0.25, 0.3) is 5.69 Å². The molecule has 8 nitrogen and oxygen atoms in total. The molecule has 0 amide bonds. The maximum atomic E-state index is 13.0. The van der Waals surface area contributed by atoms with Gasteiger partial charge in [-0.05, 0) is 53.6 Å². The summed E-state index contributed by atoms with van der Waals surface area (Å²) >= 11 is 0. The van der Waals surface area contributed by atoms with E-state index in [2.05, 4.69) is 4.99 Å². The average Bonchev–Trinajstić information content (AvgIpc) is 3.19. The van der Waals surface area contributed by atoms with Crippen LogP contribution in [0.2, 0.25) is 0 Å². The third-order valence-corrected chi connectivity index (χ3v) is 4.74. The second-order valence-electron chi connectivity index (χ2n) is 6.97. The number of hydrogen-bond donors (Lipinski definition) is 0. The molecule has 3 aromatic rings. The summed E-state index contributed by atoms with van der Waals surface area (Å²) < 4.78 is 29.4. The van der Waals surface area contributed by atoms with Crippen LogP contribution in [0.25, 0.3) is 6.08 Å². The molecule has 0 saturated heterocycles. The van der Waals surface area contributed by atoms with Gasteiger partial charge in [0.1, 0.15) is 12.4 Å². The molecular weight excluding hydrogens is 431 g/mol. The van der Waals surface area contributed by atoms with Crippen molar-refractivity contribution >= 4 is 23.6 Å². The van der Waals surface area contributed by atoms with Crippen molar-refractivity contribution in [3.8, 4) is 11.5 Å². The number of benzene rings is 3. The van der Waals surface area contributed by atoms with Crippen molar-refractivity contribution in [3.63, 3.8) is 0 Å². The number of halogens is 1. The van der Waals surface area contributed by atoms with Gasteiger partial charge in [0.15, 0.2) is 17.2 Å². The quantitative estimate of drug-likeness (QED) is 0.225. The molecule has 0 unspecified atom stereocenters. The predicted octanol–water partition coefficient (Wildman–Crippen LogP) is 4.67. The van der Waals surface area contributed by atoms with E-state index in [0.717, 1.165) is 5.56 Å². The molecule has 33 heavy (non-hydrogen) atoms. The number of carbonyl (C=O) groups is 1. The second-order valence-corrected chi connectivity index (χ2v) is 6.97. The number of nitro benzene ring substituents is 1. The highest BCUT2D eigenvalue weighted by molar-refractivity contribution is 6.12. The van der Waals surface area contributed by atoms with Crippen molar-refractivity contribution in [2.75, 3.05) is 7.11 Å². The van der Waals surface area contributed by atoms with Gasteiger partial charge in [-0.1, -0.05) is 18.2 Å². The van der Waals surface area contributed by atoms with Crippen LogP contribution in [0.1, 0.15) is 16.7 Å². The summed E-state index contributed by atoms with van der Waals surface area (Å²) in [5.41, 5.74) is 1.87. The van der Waals surface area contributed by atoms with E-state index in [0.29, 0.717) is 22.6 Å². The predicted molar refractivity (Wildman–Crippen MR) is 117 cm³/mol. The lowest BCUT2D eigenvalue weighted by molar-refractivity contribution is -0.384. The van der Waals surface area contributed by atoms with Gasteiger partial charge in [0.05, 0.1) is 12.0 Å². The highest BCUT2D eigenvalue weighted by Gasteiger charge is 2.24. The third-order valence-electron chi connectivity index (χ3n) is 4.74. The van der Waals surface area contributed by atoms with Crippen LogP contribution in [0.4, 0.5) is 10.1 Å². The van der Waals surface area contributed by atoms with E-state index in [1.165, 1.54) is 49.6 Å². The molecular formula is C24H17FN2O6. The lowest BCUT2D eigenvalue weighted by Crippen LogP contribution is -2.05. The number of nitro groups is 1. The van der Waals surface area contributed by atoms with Crippen LogP contribution in [0.15, 0.2) is 77.4 Å². The highest BCUT2D eigenvalue weighted by atomic mass is 19.1. The van der Waals surface area contributed by atoms with Crippen LogP contribution >= 0.6 is 0 Å². The fourth-order valence-electron chi connectivity index (χ4n) is 3.05. The molecule has 166 valence electrons. The van der Waals surface area contributed by atoms with E-state index in [9.17, 15) is 19.3 Å². The third kappa shape index (κ3) is 5.04. The molecule has 0 bridgehead atoms. The largest absolute Gasteiger partial charge is 0.493 e. The number of carbonyl (C=O) groups excluding carboxylic acids is 1. The molecule has 0 N–H and O–H groups in total. The number of hydrogen-bond acceptors (Lipinski definition) is 7. The van der Waals surface area contributed by atoms with Crippen molar-refractivity contribution in [2.24, 2.45) is 4.99 Å². The van der Waals surface area contributed by atoms with Gasteiger partial charge >= 0.3 is 5.97 Å². The van der Waals surface area contributed by atoms with Gasteiger partial charge in [-0.3, -0.25) is 10.1 Å². The van der Waals surface area contributed by atoms with Gasteiger partial charge in [0, 0.05) is 17.7 Å². The number of cyclic esters (lactones) is 1. The molecule has 0 saturated carbocycles. The van der Waals surface area contributed by atoms with E-state index in [4.69, 9.17) is 14.2 Å². The summed E-state index contributed by atoms with van der Waals surface area (Å²) in [5.74, 6) is 0.0234. The molecule has 3 aromatic carbocycles. The SMILES string of the molecule is COc1cc(/C=C2\N=C(c3ccc([N+](=O)[O-])cc3)OC2=O)ccc1OCc1ccc(F)cc1. The fourth-order valence-corrected chi connectivity index (χ4v) is 3.05. The Kier molecular flexibility index (Phi) is 6.12. The van der Waals surface area contributed by atoms with Crippen LogP contribution in [0.5, 0.6) is 11.5 Å². The molecule has 0 atom stereocenters. The minimum atomic E-state index is -0.640. The minimum absolute atomic E-state index is 0.0624. The Hall–Kier alpha value is -4.53. The van der Waals surface area contributed by atoms with E-state index in [1.807, 2.05) is 0 Å². The Balaban J connectivity index is 1.52. The maximum absolute atomic E-state index is 13.0. The van der Waals surface area contributed by atoms with Crippen molar-refractivity contribution in [3.05, 3.63) is 105 Å². The average molecular weight is 448 g/mol. The van der Waals surface area contributed by atoms with Gasteiger partial charge in [0.2, 0.25) is 5.90 Å². The zero-order valence-corrected chi connectivity index (χ0v) is 17.4. The zero-order chi connectivity index (χ0) is 23.4. The van der Waals surface area contributed by atoms with Crippen molar-refractivity contribution in [2.45, 2.75) is 6.61 Å². The molecule has 1 heterocycles. The molecule has 0 aliphatic carbocycles. The number of non-ortho nitro benzene ring substituents is 1. The maximum Gasteiger partial charge on any atom is 0.363 e. The van der Waals surface area contributed by atoms with Crippen LogP contribution < -0.4 is 9.47 Å². The molecule has 0 fully saturated rings. The van der Waals surface area contributed by atoms with Crippen LogP contribution in [-0.4, -0.2) is 23.9 Å². The van der Waals surface area contributed by atoms with Crippen LogP contribution in [0, 0.1) is 15.9 Å². The normalized spacial score (nSPS) is 14.1. The first kappa shape index (κ1) is 21.7. The molecule has 9 heteroatoms. The van der Waals surface area contributed by atoms with Crippen LogP contribution in [0.3, 0.4) is 0 Å². The first-order chi connectivity index (χ1) is 15.9. The molecule has 0 spiro atoms. The molecule has 4 rings (SSSR count). The first-order valence-electron chi connectivity index (χ1n) is 9.75. The summed E-state index contributed by atoms with van der Waals surface area (Å²) in [5, 5.41) is 10.8. The second kappa shape index (κ2) is 9.31. The number of esters is 1. The van der Waals surface area contributed by atoms with Crippen molar-refractivity contribution < 1.29 is 28.3 Å². The van der Waals surface area contributed by atoms with Crippen LogP contribution in [-0.2, 0) is 16.1 Å². The Morgan fingerprint density at radius 2 is 1.79 bits per heavy atom. The van der Waals surface area contributed by atoms with E-state index in [-0.39, 0.29) is 29.7 Å². The fraction of sp³-hybridized carbons (Fsp3) is 0.0833. The topological polar surface area (TPSA) is 100 Å². The summed E-state index contributed by atoms with van der Waals surface area (Å²) in [7, 11) is 1.49.